The van der Waals surface area contributed by atoms with Crippen molar-refractivity contribution in [1.82, 2.24) is 15.0 Å². The highest BCUT2D eigenvalue weighted by Crippen LogP contribution is 2.39. The summed E-state index contributed by atoms with van der Waals surface area (Å²) in [5, 5.41) is 6.64. The molecule has 0 amide bonds. The van der Waals surface area contributed by atoms with Gasteiger partial charge < -0.3 is 10.6 Å². The van der Waals surface area contributed by atoms with Crippen LogP contribution in [0.5, 0.6) is 0 Å². The van der Waals surface area contributed by atoms with Crippen LogP contribution in [0.4, 0.5) is 11.6 Å². The molecular weight excluding hydrogens is 262 g/mol. The van der Waals surface area contributed by atoms with Gasteiger partial charge in [-0.2, -0.15) is 0 Å². The second-order valence-corrected chi connectivity index (χ2v) is 5.55. The van der Waals surface area contributed by atoms with Crippen molar-refractivity contribution in [3.63, 3.8) is 0 Å². The Kier molecular flexibility index (Phi) is 3.73. The van der Waals surface area contributed by atoms with Gasteiger partial charge in [-0.3, -0.25) is 4.98 Å². The van der Waals surface area contributed by atoms with E-state index in [9.17, 15) is 0 Å². The number of hydrogen-bond acceptors (Lipinski definition) is 5. The highest BCUT2D eigenvalue weighted by Gasteiger charge is 2.28. The summed E-state index contributed by atoms with van der Waals surface area (Å²) in [7, 11) is 1.90. The second-order valence-electron chi connectivity index (χ2n) is 5.55. The molecular formula is C16H21N5. The number of hydrogen-bond donors (Lipinski definition) is 2. The summed E-state index contributed by atoms with van der Waals surface area (Å²) in [5.74, 6) is 3.28. The van der Waals surface area contributed by atoms with Gasteiger partial charge in [-0.25, -0.2) is 9.97 Å². The molecule has 0 saturated heterocycles. The summed E-state index contributed by atoms with van der Waals surface area (Å²) in [6.07, 6.45) is 4.21. The topological polar surface area (TPSA) is 62.7 Å². The van der Waals surface area contributed by atoms with Crippen LogP contribution >= 0.6 is 0 Å². The Balaban J connectivity index is 1.88. The Morgan fingerprint density at radius 2 is 1.95 bits per heavy atom. The Morgan fingerprint density at radius 1 is 1.19 bits per heavy atom. The minimum Gasteiger partial charge on any atom is -0.373 e. The molecule has 0 spiro atoms. The van der Waals surface area contributed by atoms with Gasteiger partial charge in [0.15, 0.2) is 0 Å². The van der Waals surface area contributed by atoms with Crippen LogP contribution in [0.1, 0.15) is 48.8 Å². The summed E-state index contributed by atoms with van der Waals surface area (Å²) >= 11 is 0. The molecule has 2 aromatic rings. The molecule has 1 atom stereocenters. The summed E-state index contributed by atoms with van der Waals surface area (Å²) in [4.78, 5) is 13.7. The number of nitrogens with zero attached hydrogens (tertiary/aromatic N) is 3. The molecule has 0 radical (unpaired) electrons. The predicted octanol–water partition coefficient (Wildman–Crippen LogP) is 3.27. The number of nitrogens with one attached hydrogen (secondary N) is 2. The van der Waals surface area contributed by atoms with Gasteiger partial charge in [0.2, 0.25) is 0 Å². The van der Waals surface area contributed by atoms with E-state index in [2.05, 4.69) is 27.5 Å². The number of pyridine rings is 1. The van der Waals surface area contributed by atoms with Crippen LogP contribution in [0.3, 0.4) is 0 Å². The van der Waals surface area contributed by atoms with E-state index in [0.29, 0.717) is 5.92 Å². The largest absolute Gasteiger partial charge is 0.373 e. The van der Waals surface area contributed by atoms with Crippen LogP contribution in [0, 0.1) is 6.92 Å². The van der Waals surface area contributed by atoms with E-state index in [1.54, 1.807) is 0 Å². The maximum Gasteiger partial charge on any atom is 0.136 e. The van der Waals surface area contributed by atoms with Gasteiger partial charge in [-0.1, -0.05) is 6.07 Å². The van der Waals surface area contributed by atoms with Crippen LogP contribution in [0.25, 0.3) is 0 Å². The van der Waals surface area contributed by atoms with Gasteiger partial charge in [0.25, 0.3) is 0 Å². The van der Waals surface area contributed by atoms with Crippen molar-refractivity contribution in [2.24, 2.45) is 0 Å². The minimum absolute atomic E-state index is 0.108. The maximum absolute atomic E-state index is 4.72. The van der Waals surface area contributed by atoms with E-state index in [1.165, 1.54) is 12.8 Å². The fourth-order valence-electron chi connectivity index (χ4n) is 2.35. The van der Waals surface area contributed by atoms with Crippen molar-refractivity contribution in [3.8, 4) is 0 Å². The first-order valence-electron chi connectivity index (χ1n) is 7.42. The Labute approximate surface area is 125 Å². The van der Waals surface area contributed by atoms with Crippen molar-refractivity contribution >= 4 is 11.6 Å². The summed E-state index contributed by atoms with van der Waals surface area (Å²) < 4.78 is 0. The fourth-order valence-corrected chi connectivity index (χ4v) is 2.35. The second kappa shape index (κ2) is 5.68. The lowest BCUT2D eigenvalue weighted by Gasteiger charge is -2.18. The van der Waals surface area contributed by atoms with Crippen LogP contribution in [0.2, 0.25) is 0 Å². The Hall–Kier alpha value is -2.17. The molecule has 0 aliphatic heterocycles. The molecule has 1 saturated carbocycles. The standard InChI is InChI=1S/C16H21N5/c1-10-14(17-3)20-16(12-7-8-12)21-15(10)19-11(2)13-6-4-5-9-18-13/h4-6,9,11-12H,7-8H2,1-3H3,(H2,17,19,20,21). The van der Waals surface area contributed by atoms with Crippen LogP contribution < -0.4 is 10.6 Å². The average molecular weight is 283 g/mol. The molecule has 110 valence electrons. The Bertz CT molecular complexity index is 622. The predicted molar refractivity (Wildman–Crippen MR) is 84.6 cm³/mol. The van der Waals surface area contributed by atoms with Crippen molar-refractivity contribution in [2.45, 2.75) is 38.6 Å². The van der Waals surface area contributed by atoms with Crippen LogP contribution in [-0.2, 0) is 0 Å². The van der Waals surface area contributed by atoms with Gasteiger partial charge in [0.05, 0.1) is 11.7 Å². The molecule has 5 heteroatoms. The van der Waals surface area contributed by atoms with E-state index in [1.807, 2.05) is 38.4 Å². The zero-order valence-corrected chi connectivity index (χ0v) is 12.7. The molecule has 1 fully saturated rings. The third kappa shape index (κ3) is 2.96. The molecule has 2 aromatic heterocycles. The SMILES string of the molecule is CNc1nc(C2CC2)nc(NC(C)c2ccccn2)c1C. The van der Waals surface area contributed by atoms with Gasteiger partial charge in [0, 0.05) is 24.7 Å². The molecule has 5 nitrogen and oxygen atoms in total. The van der Waals surface area contributed by atoms with Crippen molar-refractivity contribution in [2.75, 3.05) is 17.7 Å². The van der Waals surface area contributed by atoms with E-state index < -0.39 is 0 Å². The maximum atomic E-state index is 4.72. The molecule has 3 rings (SSSR count). The molecule has 0 bridgehead atoms. The van der Waals surface area contributed by atoms with Crippen molar-refractivity contribution < 1.29 is 0 Å². The first-order chi connectivity index (χ1) is 10.2. The third-order valence-corrected chi connectivity index (χ3v) is 3.83. The van der Waals surface area contributed by atoms with Crippen molar-refractivity contribution in [3.05, 3.63) is 41.5 Å². The molecule has 1 unspecified atom stereocenters. The van der Waals surface area contributed by atoms with Crippen molar-refractivity contribution in [1.29, 1.82) is 0 Å². The quantitative estimate of drug-likeness (QED) is 0.881. The molecule has 1 aliphatic carbocycles. The number of rotatable bonds is 5. The lowest BCUT2D eigenvalue weighted by Crippen LogP contribution is -2.13. The van der Waals surface area contributed by atoms with Gasteiger partial charge in [0.1, 0.15) is 17.5 Å². The number of anilines is 2. The minimum atomic E-state index is 0.108. The van der Waals surface area contributed by atoms with Gasteiger partial charge in [-0.05, 0) is 38.8 Å². The molecule has 0 aromatic carbocycles. The van der Waals surface area contributed by atoms with Crippen LogP contribution in [0.15, 0.2) is 24.4 Å². The zero-order chi connectivity index (χ0) is 14.8. The molecule has 21 heavy (non-hydrogen) atoms. The highest BCUT2D eigenvalue weighted by atomic mass is 15.1. The summed E-state index contributed by atoms with van der Waals surface area (Å²) in [5.41, 5.74) is 2.05. The summed E-state index contributed by atoms with van der Waals surface area (Å²) in [6, 6.07) is 6.06. The third-order valence-electron chi connectivity index (χ3n) is 3.83. The van der Waals surface area contributed by atoms with Gasteiger partial charge >= 0.3 is 0 Å². The van der Waals surface area contributed by atoms with E-state index in [-0.39, 0.29) is 6.04 Å². The lowest BCUT2D eigenvalue weighted by molar-refractivity contribution is 0.818. The average Bonchev–Trinajstić information content (AvgIpc) is 3.35. The zero-order valence-electron chi connectivity index (χ0n) is 12.7. The number of aromatic nitrogens is 3. The first kappa shape index (κ1) is 13.8. The molecule has 1 aliphatic rings. The Morgan fingerprint density at radius 3 is 2.57 bits per heavy atom. The highest BCUT2D eigenvalue weighted by molar-refractivity contribution is 5.58. The van der Waals surface area contributed by atoms with E-state index >= 15 is 0 Å². The van der Waals surface area contributed by atoms with E-state index in [0.717, 1.165) is 28.7 Å². The molecule has 2 N–H and O–H groups in total. The van der Waals surface area contributed by atoms with E-state index in [4.69, 9.17) is 4.98 Å². The monoisotopic (exact) mass is 283 g/mol. The molecule has 2 heterocycles. The fraction of sp³-hybridized carbons (Fsp3) is 0.438. The first-order valence-corrected chi connectivity index (χ1v) is 7.42. The summed E-state index contributed by atoms with van der Waals surface area (Å²) in [6.45, 7) is 4.13. The van der Waals surface area contributed by atoms with Crippen LogP contribution in [-0.4, -0.2) is 22.0 Å². The normalized spacial score (nSPS) is 15.6. The smallest absolute Gasteiger partial charge is 0.136 e. The van der Waals surface area contributed by atoms with Gasteiger partial charge in [-0.15, -0.1) is 0 Å². The lowest BCUT2D eigenvalue weighted by atomic mass is 10.2.